The summed E-state index contributed by atoms with van der Waals surface area (Å²) in [7, 11) is 0. The van der Waals surface area contributed by atoms with Gasteiger partial charge in [0.2, 0.25) is 0 Å². The van der Waals surface area contributed by atoms with Crippen molar-refractivity contribution >= 4 is 5.78 Å². The maximum Gasteiger partial charge on any atom is 0.176 e. The number of carbonyl (C=O) groups excluding carboxylic acids is 1. The molecule has 0 amide bonds. The lowest BCUT2D eigenvalue weighted by Crippen LogP contribution is -2.10. The predicted molar refractivity (Wildman–Crippen MR) is 90.9 cm³/mol. The van der Waals surface area contributed by atoms with E-state index in [4.69, 9.17) is 4.74 Å². The van der Waals surface area contributed by atoms with Gasteiger partial charge in [0, 0.05) is 18.0 Å². The molecule has 0 N–H and O–H groups in total. The molecule has 0 aliphatic rings. The summed E-state index contributed by atoms with van der Waals surface area (Å²) in [5.41, 5.74) is 1.40. The van der Waals surface area contributed by atoms with Crippen molar-refractivity contribution in [1.29, 1.82) is 0 Å². The molecule has 0 atom stereocenters. The lowest BCUT2D eigenvalue weighted by molar-refractivity contribution is 0.101. The number of aromatic nitrogens is 1. The minimum Gasteiger partial charge on any atom is -0.488 e. The van der Waals surface area contributed by atoms with E-state index in [0.29, 0.717) is 0 Å². The highest BCUT2D eigenvalue weighted by molar-refractivity contribution is 6.01. The fourth-order valence-electron chi connectivity index (χ4n) is 2.76. The van der Waals surface area contributed by atoms with Gasteiger partial charge in [-0.25, -0.2) is 13.9 Å². The highest BCUT2D eigenvalue weighted by Crippen LogP contribution is 2.31. The second kappa shape index (κ2) is 7.49. The SMILES string of the molecule is CC(=O)c1c(OCc2ccccc2)ccc(C[O])c1-n1cc(F)c(F)c1. The summed E-state index contributed by atoms with van der Waals surface area (Å²) >= 11 is 0. The quantitative estimate of drug-likeness (QED) is 0.612. The van der Waals surface area contributed by atoms with Crippen LogP contribution in [0.1, 0.15) is 28.4 Å². The van der Waals surface area contributed by atoms with Gasteiger partial charge in [0.1, 0.15) is 19.0 Å². The van der Waals surface area contributed by atoms with Crippen molar-refractivity contribution in [2.24, 2.45) is 0 Å². The van der Waals surface area contributed by atoms with Crippen LogP contribution in [0.2, 0.25) is 0 Å². The number of ketones is 1. The number of rotatable bonds is 6. The first-order chi connectivity index (χ1) is 12.5. The van der Waals surface area contributed by atoms with Crippen LogP contribution in [0.25, 0.3) is 5.69 Å². The fraction of sp³-hybridized carbons (Fsp3) is 0.150. The minimum absolute atomic E-state index is 0.115. The second-order valence-corrected chi connectivity index (χ2v) is 5.78. The average Bonchev–Trinajstić information content (AvgIpc) is 2.98. The monoisotopic (exact) mass is 356 g/mol. The van der Waals surface area contributed by atoms with E-state index in [1.54, 1.807) is 0 Å². The normalized spacial score (nSPS) is 10.8. The van der Waals surface area contributed by atoms with Crippen molar-refractivity contribution in [2.45, 2.75) is 20.1 Å². The molecule has 1 radical (unpaired) electrons. The molecule has 6 heteroatoms. The average molecular weight is 356 g/mol. The third-order valence-electron chi connectivity index (χ3n) is 3.96. The van der Waals surface area contributed by atoms with E-state index in [-0.39, 0.29) is 35.0 Å². The number of Topliss-reactive ketones (excluding diaryl/α,β-unsaturated/α-hetero) is 1. The molecule has 2 aromatic carbocycles. The maximum absolute atomic E-state index is 13.5. The Bertz CT molecular complexity index is 916. The molecular formula is C20H16F2NO3. The molecule has 1 aromatic heterocycles. The van der Waals surface area contributed by atoms with Crippen molar-refractivity contribution < 1.29 is 23.4 Å². The summed E-state index contributed by atoms with van der Waals surface area (Å²) in [6.45, 7) is 0.890. The Morgan fingerprint density at radius 1 is 1.04 bits per heavy atom. The van der Waals surface area contributed by atoms with Crippen LogP contribution in [0.15, 0.2) is 54.9 Å². The Hall–Kier alpha value is -2.99. The molecule has 3 aromatic rings. The lowest BCUT2D eigenvalue weighted by Gasteiger charge is -2.17. The number of halogens is 2. The van der Waals surface area contributed by atoms with Crippen molar-refractivity contribution in [2.75, 3.05) is 0 Å². The van der Waals surface area contributed by atoms with Crippen LogP contribution in [0.5, 0.6) is 5.75 Å². The number of hydrogen-bond acceptors (Lipinski definition) is 2. The standard InChI is InChI=1S/C20H16F2NO3/c1-13(25)19-18(26-12-14-5-3-2-4-6-14)8-7-15(11-24)20(19)23-9-16(21)17(22)10-23/h2-10H,11-12H2,1H3. The molecule has 26 heavy (non-hydrogen) atoms. The minimum atomic E-state index is -1.06. The molecule has 133 valence electrons. The van der Waals surface area contributed by atoms with E-state index in [2.05, 4.69) is 0 Å². The van der Waals surface area contributed by atoms with Crippen LogP contribution in [0, 0.1) is 11.6 Å². The summed E-state index contributed by atoms with van der Waals surface area (Å²) in [4.78, 5) is 12.2. The van der Waals surface area contributed by atoms with Gasteiger partial charge in [-0.3, -0.25) is 4.79 Å². The number of ether oxygens (including phenoxy) is 1. The molecule has 0 unspecified atom stereocenters. The first kappa shape index (κ1) is 17.8. The van der Waals surface area contributed by atoms with E-state index in [0.717, 1.165) is 22.5 Å². The van der Waals surface area contributed by atoms with Gasteiger partial charge in [0.05, 0.1) is 11.3 Å². The highest BCUT2D eigenvalue weighted by Gasteiger charge is 2.21. The molecule has 0 spiro atoms. The third-order valence-corrected chi connectivity index (χ3v) is 3.96. The van der Waals surface area contributed by atoms with E-state index in [1.165, 1.54) is 19.1 Å². The molecular weight excluding hydrogens is 340 g/mol. The largest absolute Gasteiger partial charge is 0.488 e. The van der Waals surface area contributed by atoms with Gasteiger partial charge in [-0.2, -0.15) is 0 Å². The van der Waals surface area contributed by atoms with Gasteiger partial charge in [-0.05, 0) is 18.6 Å². The van der Waals surface area contributed by atoms with E-state index in [9.17, 15) is 18.7 Å². The Morgan fingerprint density at radius 3 is 2.27 bits per heavy atom. The van der Waals surface area contributed by atoms with Gasteiger partial charge < -0.3 is 9.30 Å². The van der Waals surface area contributed by atoms with Gasteiger partial charge in [-0.1, -0.05) is 36.4 Å². The number of nitrogens with zero attached hydrogens (tertiary/aromatic N) is 1. The van der Waals surface area contributed by atoms with Gasteiger partial charge in [0.15, 0.2) is 17.4 Å². The molecule has 0 aliphatic carbocycles. The van der Waals surface area contributed by atoms with Crippen LogP contribution < -0.4 is 4.74 Å². The Kier molecular flexibility index (Phi) is 5.14. The fourth-order valence-corrected chi connectivity index (χ4v) is 2.76. The molecule has 0 bridgehead atoms. The van der Waals surface area contributed by atoms with Crippen molar-refractivity contribution in [3.63, 3.8) is 0 Å². The third kappa shape index (κ3) is 3.50. The maximum atomic E-state index is 13.5. The Balaban J connectivity index is 2.08. The zero-order valence-electron chi connectivity index (χ0n) is 14.0. The molecule has 0 saturated carbocycles. The summed E-state index contributed by atoms with van der Waals surface area (Å²) in [6.07, 6.45) is 1.80. The topological polar surface area (TPSA) is 51.1 Å². The van der Waals surface area contributed by atoms with Crippen LogP contribution in [0.3, 0.4) is 0 Å². The summed E-state index contributed by atoms with van der Waals surface area (Å²) < 4.78 is 33.8. The van der Waals surface area contributed by atoms with E-state index in [1.807, 2.05) is 30.3 Å². The van der Waals surface area contributed by atoms with Crippen LogP contribution >= 0.6 is 0 Å². The Labute approximate surface area is 149 Å². The summed E-state index contributed by atoms with van der Waals surface area (Å²) in [5.74, 6) is -2.24. The summed E-state index contributed by atoms with van der Waals surface area (Å²) in [6, 6.07) is 12.4. The second-order valence-electron chi connectivity index (χ2n) is 5.78. The first-order valence-electron chi connectivity index (χ1n) is 7.96. The van der Waals surface area contributed by atoms with Gasteiger partial charge >= 0.3 is 0 Å². The van der Waals surface area contributed by atoms with Crippen molar-refractivity contribution in [3.05, 3.63) is 83.2 Å². The van der Waals surface area contributed by atoms with Crippen LogP contribution in [-0.4, -0.2) is 10.4 Å². The molecule has 4 nitrogen and oxygen atoms in total. The predicted octanol–water partition coefficient (Wildman–Crippen LogP) is 4.47. The van der Waals surface area contributed by atoms with Gasteiger partial charge in [0.25, 0.3) is 0 Å². The van der Waals surface area contributed by atoms with Crippen LogP contribution in [-0.2, 0) is 18.3 Å². The molecule has 3 rings (SSSR count). The number of benzene rings is 2. The molecule has 0 saturated heterocycles. The van der Waals surface area contributed by atoms with E-state index >= 15 is 0 Å². The zero-order chi connectivity index (χ0) is 18.7. The van der Waals surface area contributed by atoms with Crippen molar-refractivity contribution in [1.82, 2.24) is 4.57 Å². The number of hydrogen-bond donors (Lipinski definition) is 0. The molecule has 1 heterocycles. The number of carbonyl (C=O) groups is 1. The molecule has 0 fully saturated rings. The van der Waals surface area contributed by atoms with Crippen LogP contribution in [0.4, 0.5) is 8.78 Å². The molecule has 0 aliphatic heterocycles. The smallest absolute Gasteiger partial charge is 0.176 e. The van der Waals surface area contributed by atoms with Crippen molar-refractivity contribution in [3.8, 4) is 11.4 Å². The van der Waals surface area contributed by atoms with Gasteiger partial charge in [-0.15, -0.1) is 0 Å². The Morgan fingerprint density at radius 2 is 1.69 bits per heavy atom. The zero-order valence-corrected chi connectivity index (χ0v) is 14.0. The first-order valence-corrected chi connectivity index (χ1v) is 7.96. The summed E-state index contributed by atoms with van der Waals surface area (Å²) in [5, 5.41) is 11.5. The van der Waals surface area contributed by atoms with E-state index < -0.39 is 18.2 Å². The lowest BCUT2D eigenvalue weighted by atomic mass is 10.0. The highest BCUT2D eigenvalue weighted by atomic mass is 19.2.